The molecule has 0 aromatic heterocycles. The van der Waals surface area contributed by atoms with E-state index in [-0.39, 0.29) is 30.8 Å². The molecule has 1 atom stereocenters. The van der Waals surface area contributed by atoms with Crippen LogP contribution in [0.4, 0.5) is 0 Å². The summed E-state index contributed by atoms with van der Waals surface area (Å²) in [6.07, 6.45) is 5.07. The number of hydrogen-bond donors (Lipinski definition) is 3. The highest BCUT2D eigenvalue weighted by atomic mass is 35.5. The molecule has 0 bridgehead atoms. The Bertz CT molecular complexity index is 562. The molecule has 0 radical (unpaired) electrons. The third kappa shape index (κ3) is 4.98. The topological polar surface area (TPSA) is 61.4 Å². The minimum absolute atomic E-state index is 0. The molecule has 1 unspecified atom stereocenters. The van der Waals surface area contributed by atoms with Crippen molar-refractivity contribution in [1.29, 1.82) is 0 Å². The van der Waals surface area contributed by atoms with Crippen LogP contribution >= 0.6 is 12.4 Å². The number of hydrogen-bond acceptors (Lipinski definition) is 3. The van der Waals surface area contributed by atoms with Crippen LogP contribution in [-0.2, 0) is 10.4 Å². The molecular weight excluding hydrogens is 324 g/mol. The summed E-state index contributed by atoms with van der Waals surface area (Å²) in [4.78, 5) is 12.8. The van der Waals surface area contributed by atoms with Crippen LogP contribution in [0.1, 0.15) is 37.7 Å². The van der Waals surface area contributed by atoms with Gasteiger partial charge in [-0.15, -0.1) is 12.4 Å². The SMILES string of the molecule is CNCC#CCNC(=O)C(O)(c1ccccc1)C1CCCCC1.Cl. The second-order valence-electron chi connectivity index (χ2n) is 6.03. The smallest absolute Gasteiger partial charge is 0.257 e. The second kappa shape index (κ2) is 10.4. The van der Waals surface area contributed by atoms with Crippen molar-refractivity contribution in [3.8, 4) is 11.8 Å². The minimum atomic E-state index is -1.47. The van der Waals surface area contributed by atoms with E-state index < -0.39 is 5.60 Å². The van der Waals surface area contributed by atoms with Gasteiger partial charge in [-0.25, -0.2) is 0 Å². The van der Waals surface area contributed by atoms with Crippen LogP contribution in [0.15, 0.2) is 30.3 Å². The number of nitrogens with one attached hydrogen (secondary N) is 2. The van der Waals surface area contributed by atoms with Crippen LogP contribution in [0.3, 0.4) is 0 Å². The first-order valence-electron chi connectivity index (χ1n) is 8.36. The molecule has 1 aromatic rings. The Morgan fingerprint density at radius 3 is 2.42 bits per heavy atom. The zero-order valence-electron chi connectivity index (χ0n) is 14.2. The average molecular weight is 351 g/mol. The van der Waals surface area contributed by atoms with Gasteiger partial charge in [0.1, 0.15) is 0 Å². The molecule has 0 aliphatic heterocycles. The van der Waals surface area contributed by atoms with E-state index in [0.29, 0.717) is 12.1 Å². The van der Waals surface area contributed by atoms with Crippen LogP contribution in [0.5, 0.6) is 0 Å². The molecule has 1 amide bonds. The Balaban J connectivity index is 0.00000288. The van der Waals surface area contributed by atoms with Crippen LogP contribution in [-0.4, -0.2) is 31.2 Å². The van der Waals surface area contributed by atoms with E-state index >= 15 is 0 Å². The quantitative estimate of drug-likeness (QED) is 0.713. The van der Waals surface area contributed by atoms with Crippen LogP contribution in [0, 0.1) is 17.8 Å². The van der Waals surface area contributed by atoms with Gasteiger partial charge in [0.25, 0.3) is 5.91 Å². The maximum absolute atomic E-state index is 12.8. The minimum Gasteiger partial charge on any atom is -0.375 e. The zero-order valence-corrected chi connectivity index (χ0v) is 15.0. The van der Waals surface area contributed by atoms with Crippen molar-refractivity contribution < 1.29 is 9.90 Å². The molecule has 5 heteroatoms. The fourth-order valence-corrected chi connectivity index (χ4v) is 3.24. The molecule has 0 saturated heterocycles. The molecule has 3 N–H and O–H groups in total. The fourth-order valence-electron chi connectivity index (χ4n) is 3.24. The molecule has 132 valence electrons. The second-order valence-corrected chi connectivity index (χ2v) is 6.03. The monoisotopic (exact) mass is 350 g/mol. The van der Waals surface area contributed by atoms with Gasteiger partial charge in [0.15, 0.2) is 5.60 Å². The third-order valence-electron chi connectivity index (χ3n) is 4.48. The Labute approximate surface area is 150 Å². The lowest BCUT2D eigenvalue weighted by molar-refractivity contribution is -0.149. The van der Waals surface area contributed by atoms with Crippen LogP contribution in [0.25, 0.3) is 0 Å². The van der Waals surface area contributed by atoms with Crippen LogP contribution in [0.2, 0.25) is 0 Å². The van der Waals surface area contributed by atoms with Crippen molar-refractivity contribution in [2.45, 2.75) is 37.7 Å². The normalized spacial score (nSPS) is 16.9. The van der Waals surface area contributed by atoms with Crippen molar-refractivity contribution in [2.24, 2.45) is 5.92 Å². The number of benzene rings is 1. The molecule has 1 saturated carbocycles. The molecular formula is C19H27ClN2O2. The Morgan fingerprint density at radius 1 is 1.17 bits per heavy atom. The molecule has 1 aliphatic rings. The molecule has 1 aliphatic carbocycles. The maximum Gasteiger partial charge on any atom is 0.257 e. The number of carbonyl (C=O) groups excluding carboxylic acids is 1. The first-order valence-corrected chi connectivity index (χ1v) is 8.36. The number of halogens is 1. The molecule has 0 spiro atoms. The summed E-state index contributed by atoms with van der Waals surface area (Å²) in [5.41, 5.74) is -0.792. The molecule has 0 heterocycles. The maximum atomic E-state index is 12.8. The summed E-state index contributed by atoms with van der Waals surface area (Å²) in [5.74, 6) is 5.42. The Morgan fingerprint density at radius 2 is 1.79 bits per heavy atom. The van der Waals surface area contributed by atoms with Crippen molar-refractivity contribution in [3.63, 3.8) is 0 Å². The highest BCUT2D eigenvalue weighted by Crippen LogP contribution is 2.39. The molecule has 2 rings (SSSR count). The fraction of sp³-hybridized carbons (Fsp3) is 0.526. The summed E-state index contributed by atoms with van der Waals surface area (Å²) in [6, 6.07) is 9.29. The first kappa shape index (κ1) is 20.5. The van der Waals surface area contributed by atoms with Crippen molar-refractivity contribution in [3.05, 3.63) is 35.9 Å². The van der Waals surface area contributed by atoms with Gasteiger partial charge in [-0.3, -0.25) is 4.79 Å². The van der Waals surface area contributed by atoms with Gasteiger partial charge in [-0.05, 0) is 25.5 Å². The summed E-state index contributed by atoms with van der Waals surface area (Å²) in [5, 5.41) is 17.0. The highest BCUT2D eigenvalue weighted by molar-refractivity contribution is 5.87. The van der Waals surface area contributed by atoms with E-state index in [0.717, 1.165) is 25.7 Å². The van der Waals surface area contributed by atoms with Gasteiger partial charge in [-0.2, -0.15) is 0 Å². The van der Waals surface area contributed by atoms with E-state index in [9.17, 15) is 9.90 Å². The number of carbonyl (C=O) groups is 1. The van der Waals surface area contributed by atoms with Crippen molar-refractivity contribution in [2.75, 3.05) is 20.1 Å². The first-order chi connectivity index (χ1) is 11.2. The predicted octanol–water partition coefficient (Wildman–Crippen LogP) is 2.22. The number of rotatable bonds is 5. The lowest BCUT2D eigenvalue weighted by Crippen LogP contribution is -2.50. The summed E-state index contributed by atoms with van der Waals surface area (Å²) < 4.78 is 0. The predicted molar refractivity (Wildman–Crippen MR) is 98.9 cm³/mol. The van der Waals surface area contributed by atoms with Gasteiger partial charge < -0.3 is 15.7 Å². The van der Waals surface area contributed by atoms with Gasteiger partial charge in [0.05, 0.1) is 13.1 Å². The molecule has 24 heavy (non-hydrogen) atoms. The Hall–Kier alpha value is -1.54. The highest BCUT2D eigenvalue weighted by Gasteiger charge is 2.45. The summed E-state index contributed by atoms with van der Waals surface area (Å²) >= 11 is 0. The van der Waals surface area contributed by atoms with E-state index in [4.69, 9.17) is 0 Å². The molecule has 1 aromatic carbocycles. The molecule has 4 nitrogen and oxygen atoms in total. The lowest BCUT2D eigenvalue weighted by Gasteiger charge is -2.37. The van der Waals surface area contributed by atoms with Gasteiger partial charge in [0.2, 0.25) is 0 Å². The number of aliphatic hydroxyl groups is 1. The van der Waals surface area contributed by atoms with Crippen molar-refractivity contribution in [1.82, 2.24) is 10.6 Å². The van der Waals surface area contributed by atoms with E-state index in [1.807, 2.05) is 37.4 Å². The largest absolute Gasteiger partial charge is 0.375 e. The Kier molecular flexibility index (Phi) is 8.84. The van der Waals surface area contributed by atoms with E-state index in [2.05, 4.69) is 22.5 Å². The van der Waals surface area contributed by atoms with Crippen LogP contribution < -0.4 is 10.6 Å². The van der Waals surface area contributed by atoms with Crippen molar-refractivity contribution >= 4 is 18.3 Å². The van der Waals surface area contributed by atoms with Gasteiger partial charge in [0, 0.05) is 5.92 Å². The van der Waals surface area contributed by atoms with E-state index in [1.165, 1.54) is 6.42 Å². The summed E-state index contributed by atoms with van der Waals surface area (Å²) in [7, 11) is 1.82. The lowest BCUT2D eigenvalue weighted by atomic mass is 9.73. The standard InChI is InChI=1S/C19H26N2O2.ClH/c1-20-14-8-9-15-21-18(22)19(23,16-10-4-2-5-11-16)17-12-6-3-7-13-17;/h2,4-5,10-11,17,20,23H,3,6-7,12-15H2,1H3,(H,21,22);1H. The zero-order chi connectivity index (χ0) is 16.5. The van der Waals surface area contributed by atoms with E-state index in [1.54, 1.807) is 0 Å². The number of amides is 1. The third-order valence-corrected chi connectivity index (χ3v) is 4.48. The molecule has 1 fully saturated rings. The van der Waals surface area contributed by atoms with Gasteiger partial charge >= 0.3 is 0 Å². The summed E-state index contributed by atoms with van der Waals surface area (Å²) in [6.45, 7) is 0.837. The van der Waals surface area contributed by atoms with Gasteiger partial charge in [-0.1, -0.05) is 61.4 Å². The average Bonchev–Trinajstić information content (AvgIpc) is 2.62.